The van der Waals surface area contributed by atoms with Crippen molar-refractivity contribution < 1.29 is 0 Å². The van der Waals surface area contributed by atoms with Crippen molar-refractivity contribution in [3.8, 4) is 16.8 Å². The molecule has 0 unspecified atom stereocenters. The molecular formula is C38H32N2. The molecule has 0 aliphatic carbocycles. The van der Waals surface area contributed by atoms with Gasteiger partial charge in [-0.3, -0.25) is 0 Å². The van der Waals surface area contributed by atoms with Gasteiger partial charge in [0, 0.05) is 33.5 Å². The third-order valence-electron chi connectivity index (χ3n) is 7.36. The van der Waals surface area contributed by atoms with Crippen molar-refractivity contribution in [1.82, 2.24) is 4.57 Å². The van der Waals surface area contributed by atoms with E-state index in [0.717, 1.165) is 28.3 Å². The van der Waals surface area contributed by atoms with Gasteiger partial charge < -0.3 is 9.47 Å². The van der Waals surface area contributed by atoms with E-state index in [0.29, 0.717) is 0 Å². The molecule has 0 saturated carbocycles. The van der Waals surface area contributed by atoms with Crippen molar-refractivity contribution in [3.05, 3.63) is 163 Å². The minimum absolute atomic E-state index is 0.906. The number of aryl methyl sites for hydroxylation is 1. The number of allylic oxidation sites excluding steroid dienone is 4. The van der Waals surface area contributed by atoms with Gasteiger partial charge in [0.15, 0.2) is 0 Å². The van der Waals surface area contributed by atoms with Crippen LogP contribution >= 0.6 is 0 Å². The monoisotopic (exact) mass is 516 g/mol. The minimum Gasteiger partial charge on any atom is -0.311 e. The van der Waals surface area contributed by atoms with Crippen molar-refractivity contribution in [1.29, 1.82) is 0 Å². The fourth-order valence-corrected chi connectivity index (χ4v) is 5.48. The third-order valence-corrected chi connectivity index (χ3v) is 7.36. The largest absolute Gasteiger partial charge is 0.311 e. The number of hydrogen-bond donors (Lipinski definition) is 0. The van der Waals surface area contributed by atoms with Gasteiger partial charge in [0.1, 0.15) is 0 Å². The van der Waals surface area contributed by atoms with Crippen LogP contribution in [-0.4, -0.2) is 4.57 Å². The van der Waals surface area contributed by atoms with Crippen LogP contribution in [0.25, 0.3) is 38.6 Å². The molecule has 2 nitrogen and oxygen atoms in total. The fourth-order valence-electron chi connectivity index (χ4n) is 5.48. The van der Waals surface area contributed by atoms with Crippen LogP contribution in [0, 0.1) is 6.92 Å². The summed E-state index contributed by atoms with van der Waals surface area (Å²) in [5, 5.41) is 2.53. The van der Waals surface area contributed by atoms with Crippen LogP contribution in [0.15, 0.2) is 158 Å². The summed E-state index contributed by atoms with van der Waals surface area (Å²) < 4.78 is 2.37. The fraction of sp³-hybridized carbons (Fsp3) is 0.0526. The summed E-state index contributed by atoms with van der Waals surface area (Å²) >= 11 is 0. The number of para-hydroxylation sites is 3. The molecule has 0 saturated heterocycles. The summed E-state index contributed by atoms with van der Waals surface area (Å²) in [4.78, 5) is 2.23. The average Bonchev–Trinajstić information content (AvgIpc) is 3.33. The van der Waals surface area contributed by atoms with Crippen molar-refractivity contribution in [2.24, 2.45) is 0 Å². The van der Waals surface area contributed by atoms with Gasteiger partial charge in [0.25, 0.3) is 0 Å². The zero-order chi connectivity index (χ0) is 27.5. The second-order valence-corrected chi connectivity index (χ2v) is 9.97. The predicted octanol–water partition coefficient (Wildman–Crippen LogP) is 10.5. The molecule has 1 aromatic heterocycles. The van der Waals surface area contributed by atoms with E-state index in [-0.39, 0.29) is 0 Å². The highest BCUT2D eigenvalue weighted by atomic mass is 15.1. The lowest BCUT2D eigenvalue weighted by atomic mass is 10.0. The van der Waals surface area contributed by atoms with Crippen molar-refractivity contribution in [2.75, 3.05) is 4.90 Å². The number of benzene rings is 5. The van der Waals surface area contributed by atoms with Gasteiger partial charge in [-0.05, 0) is 79.1 Å². The minimum atomic E-state index is 0.906. The van der Waals surface area contributed by atoms with Gasteiger partial charge in [0.2, 0.25) is 0 Å². The van der Waals surface area contributed by atoms with Crippen LogP contribution in [0.4, 0.5) is 11.4 Å². The SMILES string of the molecule is C=C(/C=C\C=C/C)N(c1cccc(-c2cccc(-n3c4ccccc4c4ccccc43)c2)c1)c1ccccc1C. The van der Waals surface area contributed by atoms with Crippen LogP contribution in [0.2, 0.25) is 0 Å². The Kier molecular flexibility index (Phi) is 6.91. The molecule has 0 bridgehead atoms. The van der Waals surface area contributed by atoms with E-state index >= 15 is 0 Å². The maximum Gasteiger partial charge on any atom is 0.0541 e. The smallest absolute Gasteiger partial charge is 0.0541 e. The van der Waals surface area contributed by atoms with Crippen molar-refractivity contribution in [3.63, 3.8) is 0 Å². The van der Waals surface area contributed by atoms with Gasteiger partial charge in [-0.1, -0.05) is 104 Å². The molecule has 0 aliphatic heterocycles. The van der Waals surface area contributed by atoms with Gasteiger partial charge >= 0.3 is 0 Å². The highest BCUT2D eigenvalue weighted by molar-refractivity contribution is 6.09. The van der Waals surface area contributed by atoms with E-state index in [9.17, 15) is 0 Å². The molecule has 5 aromatic carbocycles. The van der Waals surface area contributed by atoms with Gasteiger partial charge in [0.05, 0.1) is 11.0 Å². The number of fused-ring (bicyclic) bond motifs is 3. The van der Waals surface area contributed by atoms with E-state index < -0.39 is 0 Å². The Morgan fingerprint density at radius 1 is 0.675 bits per heavy atom. The molecule has 6 rings (SSSR count). The second kappa shape index (κ2) is 11.0. The molecule has 40 heavy (non-hydrogen) atoms. The molecule has 0 fully saturated rings. The topological polar surface area (TPSA) is 8.17 Å². The molecular weight excluding hydrogens is 484 g/mol. The lowest BCUT2D eigenvalue weighted by molar-refractivity contribution is 1.18. The van der Waals surface area contributed by atoms with Crippen LogP contribution < -0.4 is 4.90 Å². The lowest BCUT2D eigenvalue weighted by Crippen LogP contribution is -2.15. The highest BCUT2D eigenvalue weighted by Gasteiger charge is 2.15. The molecule has 0 amide bonds. The second-order valence-electron chi connectivity index (χ2n) is 9.97. The average molecular weight is 517 g/mol. The Hall–Kier alpha value is -5.08. The first-order valence-electron chi connectivity index (χ1n) is 13.7. The summed E-state index contributed by atoms with van der Waals surface area (Å²) in [6.07, 6.45) is 8.14. The first-order chi connectivity index (χ1) is 19.7. The predicted molar refractivity (Wildman–Crippen MR) is 173 cm³/mol. The van der Waals surface area contributed by atoms with Crippen LogP contribution in [-0.2, 0) is 0 Å². The Balaban J connectivity index is 1.46. The quantitative estimate of drug-likeness (QED) is 0.192. The Morgan fingerprint density at radius 2 is 1.30 bits per heavy atom. The van der Waals surface area contributed by atoms with Crippen LogP contribution in [0.5, 0.6) is 0 Å². The molecule has 0 aliphatic rings. The Labute approximate surface area is 236 Å². The van der Waals surface area contributed by atoms with Gasteiger partial charge in [-0.25, -0.2) is 0 Å². The lowest BCUT2D eigenvalue weighted by Gasteiger charge is -2.27. The standard InChI is InChI=1S/C38H32N2/c1-4-5-6-16-29(3)39(36-23-10-7-15-28(36)2)32-19-13-17-30(26-32)31-18-14-20-33(27-31)40-37-24-11-8-21-34(37)35-22-9-12-25-38(35)40/h4-27H,3H2,1-2H3/b5-4-,16-6-. The van der Waals surface area contributed by atoms with Crippen molar-refractivity contribution in [2.45, 2.75) is 13.8 Å². The zero-order valence-corrected chi connectivity index (χ0v) is 23.0. The van der Waals surface area contributed by atoms with E-state index in [4.69, 9.17) is 0 Å². The summed E-state index contributed by atoms with van der Waals surface area (Å²) in [6, 6.07) is 43.3. The van der Waals surface area contributed by atoms with E-state index in [1.807, 2.05) is 25.2 Å². The maximum atomic E-state index is 4.43. The van der Waals surface area contributed by atoms with E-state index in [1.165, 1.54) is 32.9 Å². The molecule has 0 atom stereocenters. The number of rotatable bonds is 7. The summed E-state index contributed by atoms with van der Waals surface area (Å²) in [6.45, 7) is 8.59. The first-order valence-corrected chi connectivity index (χ1v) is 13.7. The van der Waals surface area contributed by atoms with E-state index in [1.54, 1.807) is 0 Å². The number of aromatic nitrogens is 1. The third kappa shape index (κ3) is 4.65. The maximum absolute atomic E-state index is 4.43. The van der Waals surface area contributed by atoms with Gasteiger partial charge in [-0.2, -0.15) is 0 Å². The van der Waals surface area contributed by atoms with Crippen LogP contribution in [0.1, 0.15) is 12.5 Å². The van der Waals surface area contributed by atoms with Crippen LogP contribution in [0.3, 0.4) is 0 Å². The Bertz CT molecular complexity index is 1850. The number of hydrogen-bond acceptors (Lipinski definition) is 1. The Morgan fingerprint density at radius 3 is 2.00 bits per heavy atom. The molecule has 0 radical (unpaired) electrons. The zero-order valence-electron chi connectivity index (χ0n) is 23.0. The highest BCUT2D eigenvalue weighted by Crippen LogP contribution is 2.36. The summed E-state index contributed by atoms with van der Waals surface area (Å²) in [5.41, 5.74) is 10.2. The number of nitrogens with zero attached hydrogens (tertiary/aromatic N) is 2. The number of anilines is 2. The molecule has 6 aromatic rings. The molecule has 2 heteroatoms. The molecule has 0 spiro atoms. The molecule has 194 valence electrons. The normalized spacial score (nSPS) is 11.7. The van der Waals surface area contributed by atoms with E-state index in [2.05, 4.69) is 150 Å². The van der Waals surface area contributed by atoms with Crippen molar-refractivity contribution >= 4 is 33.2 Å². The first kappa shape index (κ1) is 25.2. The summed E-state index contributed by atoms with van der Waals surface area (Å²) in [7, 11) is 0. The molecule has 0 N–H and O–H groups in total. The summed E-state index contributed by atoms with van der Waals surface area (Å²) in [5.74, 6) is 0. The van der Waals surface area contributed by atoms with Gasteiger partial charge in [-0.15, -0.1) is 0 Å². The molecule has 1 heterocycles.